The molecule has 0 aliphatic heterocycles. The SMILES string of the molecule is OCC1C(O)C(O)C1(O)C(O)Oc1ccccc1-c1ccccc1. The summed E-state index contributed by atoms with van der Waals surface area (Å²) in [6, 6.07) is 16.3. The van der Waals surface area contributed by atoms with E-state index in [-0.39, 0.29) is 0 Å². The predicted octanol–water partition coefficient (Wildman–Crippen LogP) is 0.126. The summed E-state index contributed by atoms with van der Waals surface area (Å²) in [5.41, 5.74) is -0.575. The first-order valence-corrected chi connectivity index (χ1v) is 7.68. The van der Waals surface area contributed by atoms with Gasteiger partial charge in [0.1, 0.15) is 11.9 Å². The molecule has 1 aliphatic carbocycles. The Morgan fingerprint density at radius 3 is 2.29 bits per heavy atom. The third-order valence-electron chi connectivity index (χ3n) is 4.61. The lowest BCUT2D eigenvalue weighted by molar-refractivity contribution is -0.332. The molecule has 0 spiro atoms. The van der Waals surface area contributed by atoms with Crippen LogP contribution in [0.5, 0.6) is 5.75 Å². The van der Waals surface area contributed by atoms with Crippen molar-refractivity contribution in [1.29, 1.82) is 0 Å². The molecule has 2 aromatic rings. The van der Waals surface area contributed by atoms with Gasteiger partial charge in [-0.2, -0.15) is 0 Å². The summed E-state index contributed by atoms with van der Waals surface area (Å²) in [4.78, 5) is 0. The summed E-state index contributed by atoms with van der Waals surface area (Å²) in [6.45, 7) is -0.588. The Morgan fingerprint density at radius 2 is 1.62 bits per heavy atom. The van der Waals surface area contributed by atoms with Crippen LogP contribution < -0.4 is 4.74 Å². The highest BCUT2D eigenvalue weighted by Gasteiger charge is 2.65. The van der Waals surface area contributed by atoms with E-state index in [2.05, 4.69) is 0 Å². The van der Waals surface area contributed by atoms with Crippen LogP contribution in [0.2, 0.25) is 0 Å². The second kappa shape index (κ2) is 6.51. The maximum absolute atomic E-state index is 10.5. The first-order valence-electron chi connectivity index (χ1n) is 7.68. The van der Waals surface area contributed by atoms with Gasteiger partial charge in [0.25, 0.3) is 0 Å². The van der Waals surface area contributed by atoms with Gasteiger partial charge in [-0.1, -0.05) is 48.5 Å². The zero-order valence-electron chi connectivity index (χ0n) is 12.9. The minimum absolute atomic E-state index is 0.315. The van der Waals surface area contributed by atoms with Crippen molar-refractivity contribution in [1.82, 2.24) is 0 Å². The maximum Gasteiger partial charge on any atom is 0.229 e. The number of para-hydroxylation sites is 1. The van der Waals surface area contributed by atoms with Crippen LogP contribution in [-0.4, -0.2) is 56.2 Å². The Hall–Kier alpha value is -1.96. The molecule has 5 N–H and O–H groups in total. The molecule has 5 unspecified atom stereocenters. The number of hydrogen-bond acceptors (Lipinski definition) is 6. The Morgan fingerprint density at radius 1 is 1.00 bits per heavy atom. The Bertz CT molecular complexity index is 691. The van der Waals surface area contributed by atoms with Gasteiger partial charge in [-0.25, -0.2) is 0 Å². The van der Waals surface area contributed by atoms with Crippen LogP contribution in [-0.2, 0) is 0 Å². The zero-order valence-corrected chi connectivity index (χ0v) is 12.9. The number of aliphatic hydroxyl groups is 5. The van der Waals surface area contributed by atoms with Crippen LogP contribution in [0.25, 0.3) is 11.1 Å². The normalized spacial score (nSPS) is 30.5. The summed E-state index contributed by atoms with van der Waals surface area (Å²) in [5, 5.41) is 49.4. The van der Waals surface area contributed by atoms with E-state index in [9.17, 15) is 25.5 Å². The molecule has 1 saturated carbocycles. The molecule has 0 saturated heterocycles. The Labute approximate surface area is 139 Å². The monoisotopic (exact) mass is 332 g/mol. The van der Waals surface area contributed by atoms with Crippen molar-refractivity contribution < 1.29 is 30.3 Å². The van der Waals surface area contributed by atoms with Crippen LogP contribution in [0.1, 0.15) is 0 Å². The summed E-state index contributed by atoms with van der Waals surface area (Å²) in [6.07, 6.45) is -4.73. The molecule has 1 fully saturated rings. The molecule has 6 nitrogen and oxygen atoms in total. The molecule has 0 heterocycles. The van der Waals surface area contributed by atoms with Crippen molar-refractivity contribution in [2.45, 2.75) is 24.1 Å². The lowest BCUT2D eigenvalue weighted by atomic mass is 9.64. The van der Waals surface area contributed by atoms with Crippen molar-refractivity contribution in [3.05, 3.63) is 54.6 Å². The molecular formula is C18H20O6. The van der Waals surface area contributed by atoms with Crippen LogP contribution in [0.15, 0.2) is 54.6 Å². The van der Waals surface area contributed by atoms with E-state index in [1.54, 1.807) is 18.2 Å². The summed E-state index contributed by atoms with van der Waals surface area (Å²) in [7, 11) is 0. The number of hydrogen-bond donors (Lipinski definition) is 5. The summed E-state index contributed by atoms with van der Waals surface area (Å²) in [5.74, 6) is -0.777. The molecular weight excluding hydrogens is 312 g/mol. The molecule has 5 atom stereocenters. The highest BCUT2D eigenvalue weighted by Crippen LogP contribution is 2.43. The first-order chi connectivity index (χ1) is 11.5. The van der Waals surface area contributed by atoms with Crippen molar-refractivity contribution in [2.75, 3.05) is 6.61 Å². The van der Waals surface area contributed by atoms with Gasteiger partial charge >= 0.3 is 0 Å². The fourth-order valence-electron chi connectivity index (χ4n) is 3.09. The predicted molar refractivity (Wildman–Crippen MR) is 86.1 cm³/mol. The molecule has 128 valence electrons. The van der Waals surface area contributed by atoms with Gasteiger partial charge in [-0.3, -0.25) is 0 Å². The van der Waals surface area contributed by atoms with E-state index in [4.69, 9.17) is 4.74 Å². The van der Waals surface area contributed by atoms with E-state index in [0.717, 1.165) is 5.56 Å². The van der Waals surface area contributed by atoms with Gasteiger partial charge < -0.3 is 30.3 Å². The number of ether oxygens (including phenoxy) is 1. The molecule has 6 heteroatoms. The van der Waals surface area contributed by atoms with Crippen LogP contribution in [0.3, 0.4) is 0 Å². The minimum atomic E-state index is -2.14. The number of aliphatic hydroxyl groups excluding tert-OH is 4. The van der Waals surface area contributed by atoms with Gasteiger partial charge in [0.15, 0.2) is 5.60 Å². The Kier molecular flexibility index (Phi) is 4.58. The zero-order chi connectivity index (χ0) is 17.3. The lowest BCUT2D eigenvalue weighted by Gasteiger charge is -2.53. The smallest absolute Gasteiger partial charge is 0.229 e. The fourth-order valence-corrected chi connectivity index (χ4v) is 3.09. The molecule has 0 aromatic heterocycles. The third-order valence-corrected chi connectivity index (χ3v) is 4.61. The second-order valence-electron chi connectivity index (χ2n) is 5.94. The van der Waals surface area contributed by atoms with Gasteiger partial charge in [0.05, 0.1) is 12.7 Å². The topological polar surface area (TPSA) is 110 Å². The first kappa shape index (κ1) is 16.9. The van der Waals surface area contributed by atoms with E-state index < -0.39 is 36.6 Å². The second-order valence-corrected chi connectivity index (χ2v) is 5.94. The van der Waals surface area contributed by atoms with Gasteiger partial charge in [-0.05, 0) is 11.6 Å². The summed E-state index contributed by atoms with van der Waals surface area (Å²) < 4.78 is 5.48. The van der Waals surface area contributed by atoms with E-state index in [1.165, 1.54) is 0 Å². The molecule has 0 radical (unpaired) electrons. The largest absolute Gasteiger partial charge is 0.461 e. The van der Waals surface area contributed by atoms with Crippen LogP contribution in [0, 0.1) is 5.92 Å². The molecule has 0 bridgehead atoms. The highest BCUT2D eigenvalue weighted by molar-refractivity contribution is 5.70. The van der Waals surface area contributed by atoms with Crippen LogP contribution >= 0.6 is 0 Å². The van der Waals surface area contributed by atoms with Gasteiger partial charge in [-0.15, -0.1) is 0 Å². The third kappa shape index (κ3) is 2.58. The standard InChI is InChI=1S/C18H20O6/c19-10-13-15(20)16(21)18(13,23)17(22)24-14-9-5-4-8-12(14)11-6-2-1-3-7-11/h1-9,13,15-17,19-23H,10H2. The van der Waals surface area contributed by atoms with E-state index >= 15 is 0 Å². The quantitative estimate of drug-likeness (QED) is 0.498. The van der Waals surface area contributed by atoms with E-state index in [0.29, 0.717) is 11.3 Å². The molecule has 2 aromatic carbocycles. The van der Waals surface area contributed by atoms with Crippen molar-refractivity contribution >= 4 is 0 Å². The molecule has 1 aliphatic rings. The van der Waals surface area contributed by atoms with Gasteiger partial charge in [0.2, 0.25) is 6.29 Å². The van der Waals surface area contributed by atoms with Gasteiger partial charge in [0, 0.05) is 11.5 Å². The Balaban J connectivity index is 1.87. The van der Waals surface area contributed by atoms with Crippen molar-refractivity contribution in [3.8, 4) is 16.9 Å². The van der Waals surface area contributed by atoms with Crippen LogP contribution in [0.4, 0.5) is 0 Å². The van der Waals surface area contributed by atoms with Crippen molar-refractivity contribution in [3.63, 3.8) is 0 Å². The van der Waals surface area contributed by atoms with E-state index in [1.807, 2.05) is 36.4 Å². The molecule has 3 rings (SSSR count). The average Bonchev–Trinajstić information content (AvgIpc) is 2.62. The summed E-state index contributed by atoms with van der Waals surface area (Å²) >= 11 is 0. The molecule has 24 heavy (non-hydrogen) atoms. The number of benzene rings is 2. The van der Waals surface area contributed by atoms with Crippen molar-refractivity contribution in [2.24, 2.45) is 5.92 Å². The number of rotatable bonds is 5. The average molecular weight is 332 g/mol. The molecule has 0 amide bonds. The minimum Gasteiger partial charge on any atom is -0.461 e. The fraction of sp³-hybridized carbons (Fsp3) is 0.333. The lowest BCUT2D eigenvalue weighted by Crippen LogP contribution is -2.76. The highest BCUT2D eigenvalue weighted by atomic mass is 16.6. The maximum atomic E-state index is 10.5.